The third kappa shape index (κ3) is 5.00. The number of rotatable bonds is 7. The molecule has 0 spiro atoms. The first kappa shape index (κ1) is 21.2. The Balaban J connectivity index is 1.24. The number of fused-ring (bicyclic) bond motifs is 1. The first-order valence-corrected chi connectivity index (χ1v) is 11.2. The van der Waals surface area contributed by atoms with E-state index in [4.69, 9.17) is 4.98 Å². The number of amides is 1. The van der Waals surface area contributed by atoms with E-state index in [-0.39, 0.29) is 11.6 Å². The number of aryl methyl sites for hydroxylation is 1. The predicted molar refractivity (Wildman–Crippen MR) is 123 cm³/mol. The number of nitro groups is 1. The van der Waals surface area contributed by atoms with E-state index in [1.54, 1.807) is 11.3 Å². The molecule has 1 aliphatic heterocycles. The Labute approximate surface area is 184 Å². The zero-order valence-electron chi connectivity index (χ0n) is 17.4. The summed E-state index contributed by atoms with van der Waals surface area (Å²) in [5.74, 6) is -0.213. The van der Waals surface area contributed by atoms with Crippen LogP contribution >= 0.6 is 11.3 Å². The quantitative estimate of drug-likeness (QED) is 0.449. The maximum atomic E-state index is 12.2. The summed E-state index contributed by atoms with van der Waals surface area (Å²) >= 11 is 1.75. The molecule has 9 heteroatoms. The summed E-state index contributed by atoms with van der Waals surface area (Å²) in [6, 6.07) is 12.1. The van der Waals surface area contributed by atoms with Crippen LogP contribution in [0.1, 0.15) is 22.8 Å². The Morgan fingerprint density at radius 2 is 1.90 bits per heavy atom. The minimum absolute atomic E-state index is 0.0200. The van der Waals surface area contributed by atoms with Gasteiger partial charge in [0, 0.05) is 57.0 Å². The van der Waals surface area contributed by atoms with Crippen molar-refractivity contribution in [2.45, 2.75) is 13.3 Å². The summed E-state index contributed by atoms with van der Waals surface area (Å²) in [6.07, 6.45) is 1.03. The average molecular weight is 440 g/mol. The van der Waals surface area contributed by atoms with E-state index >= 15 is 0 Å². The van der Waals surface area contributed by atoms with E-state index in [9.17, 15) is 14.9 Å². The van der Waals surface area contributed by atoms with Gasteiger partial charge in [0.05, 0.1) is 15.1 Å². The highest BCUT2D eigenvalue weighted by atomic mass is 32.1. The molecule has 1 fully saturated rings. The molecule has 3 aromatic rings. The number of nitrogens with zero attached hydrogens (tertiary/aromatic N) is 4. The van der Waals surface area contributed by atoms with Crippen LogP contribution in [0, 0.1) is 10.1 Å². The molecule has 8 nitrogen and oxygen atoms in total. The molecule has 1 amide bonds. The predicted octanol–water partition coefficient (Wildman–Crippen LogP) is 3.32. The van der Waals surface area contributed by atoms with Crippen molar-refractivity contribution < 1.29 is 9.72 Å². The minimum atomic E-state index is -0.474. The Morgan fingerprint density at radius 1 is 1.16 bits per heavy atom. The summed E-state index contributed by atoms with van der Waals surface area (Å²) in [5, 5.41) is 14.7. The number of hydrogen-bond acceptors (Lipinski definition) is 7. The molecular formula is C22H25N5O3S. The fourth-order valence-electron chi connectivity index (χ4n) is 3.64. The van der Waals surface area contributed by atoms with Crippen molar-refractivity contribution in [1.82, 2.24) is 15.2 Å². The maximum Gasteiger partial charge on any atom is 0.269 e. The fourth-order valence-corrected chi connectivity index (χ4v) is 4.72. The molecule has 31 heavy (non-hydrogen) atoms. The second-order valence-corrected chi connectivity index (χ2v) is 8.55. The summed E-state index contributed by atoms with van der Waals surface area (Å²) in [5.41, 5.74) is 2.81. The third-order valence-corrected chi connectivity index (χ3v) is 6.63. The molecule has 0 unspecified atom stereocenters. The van der Waals surface area contributed by atoms with Crippen LogP contribution in [0.5, 0.6) is 0 Å². The van der Waals surface area contributed by atoms with E-state index in [0.717, 1.165) is 49.8 Å². The molecule has 4 rings (SSSR count). The molecule has 0 aliphatic carbocycles. The minimum Gasteiger partial charge on any atom is -0.351 e. The molecule has 2 heterocycles. The fraction of sp³-hybridized carbons (Fsp3) is 0.364. The number of carbonyl (C=O) groups is 1. The number of piperazine rings is 1. The zero-order valence-corrected chi connectivity index (χ0v) is 18.2. The van der Waals surface area contributed by atoms with Crippen molar-refractivity contribution in [2.24, 2.45) is 0 Å². The van der Waals surface area contributed by atoms with Gasteiger partial charge < -0.3 is 10.2 Å². The second kappa shape index (κ2) is 9.40. The van der Waals surface area contributed by atoms with Crippen molar-refractivity contribution in [3.05, 3.63) is 63.7 Å². The normalized spacial score (nSPS) is 14.7. The number of thiazole rings is 1. The molecule has 0 radical (unpaired) electrons. The molecule has 2 aromatic carbocycles. The van der Waals surface area contributed by atoms with E-state index in [0.29, 0.717) is 12.1 Å². The molecular weight excluding hydrogens is 414 g/mol. The number of benzene rings is 2. The SMILES string of the molecule is CCc1ccc2nc(N3CCN(CCNC(=O)c4ccc([N+](=O)[O-])cc4)CC3)sc2c1. The Hall–Kier alpha value is -3.04. The van der Waals surface area contributed by atoms with E-state index in [2.05, 4.69) is 40.2 Å². The number of hydrogen-bond donors (Lipinski definition) is 1. The summed E-state index contributed by atoms with van der Waals surface area (Å²) in [6.45, 7) is 7.14. The van der Waals surface area contributed by atoms with Crippen LogP contribution in [0.2, 0.25) is 0 Å². The number of carbonyl (C=O) groups excluding carboxylic acids is 1. The van der Waals surface area contributed by atoms with Crippen molar-refractivity contribution in [1.29, 1.82) is 0 Å². The molecule has 0 bridgehead atoms. The van der Waals surface area contributed by atoms with Crippen LogP contribution in [-0.4, -0.2) is 60.0 Å². The monoisotopic (exact) mass is 439 g/mol. The molecule has 0 saturated carbocycles. The molecule has 162 valence electrons. The van der Waals surface area contributed by atoms with Gasteiger partial charge in [0.2, 0.25) is 0 Å². The van der Waals surface area contributed by atoms with Gasteiger partial charge in [0.1, 0.15) is 0 Å². The van der Waals surface area contributed by atoms with E-state index in [1.165, 1.54) is 34.5 Å². The number of aromatic nitrogens is 1. The van der Waals surface area contributed by atoms with Crippen molar-refractivity contribution in [2.75, 3.05) is 44.2 Å². The molecule has 1 saturated heterocycles. The lowest BCUT2D eigenvalue weighted by molar-refractivity contribution is -0.384. The first-order valence-electron chi connectivity index (χ1n) is 10.4. The van der Waals surface area contributed by atoms with Crippen molar-refractivity contribution in [3.63, 3.8) is 0 Å². The molecule has 0 atom stereocenters. The topological polar surface area (TPSA) is 91.6 Å². The van der Waals surface area contributed by atoms with Gasteiger partial charge in [-0.15, -0.1) is 0 Å². The Bertz CT molecular complexity index is 1070. The van der Waals surface area contributed by atoms with Gasteiger partial charge in [-0.3, -0.25) is 19.8 Å². The highest BCUT2D eigenvalue weighted by Crippen LogP contribution is 2.30. The Morgan fingerprint density at radius 3 is 2.58 bits per heavy atom. The maximum absolute atomic E-state index is 12.2. The zero-order chi connectivity index (χ0) is 21.8. The average Bonchev–Trinajstić information content (AvgIpc) is 3.22. The standard InChI is InChI=1S/C22H25N5O3S/c1-2-16-3-8-19-20(15-16)31-22(24-19)26-13-11-25(12-14-26)10-9-23-21(28)17-4-6-18(7-5-17)27(29)30/h3-8,15H,2,9-14H2,1H3,(H,23,28). The van der Waals surface area contributed by atoms with Gasteiger partial charge in [-0.05, 0) is 36.2 Å². The van der Waals surface area contributed by atoms with Crippen molar-refractivity contribution >= 4 is 38.3 Å². The number of non-ortho nitro benzene ring substituents is 1. The van der Waals surface area contributed by atoms with Crippen LogP contribution in [0.3, 0.4) is 0 Å². The largest absolute Gasteiger partial charge is 0.351 e. The lowest BCUT2D eigenvalue weighted by Crippen LogP contribution is -2.48. The van der Waals surface area contributed by atoms with Crippen LogP contribution in [0.4, 0.5) is 10.8 Å². The summed E-state index contributed by atoms with van der Waals surface area (Å²) in [4.78, 5) is 31.9. The van der Waals surface area contributed by atoms with Crippen molar-refractivity contribution in [3.8, 4) is 0 Å². The van der Waals surface area contributed by atoms with Crippen LogP contribution in [-0.2, 0) is 6.42 Å². The van der Waals surface area contributed by atoms with Gasteiger partial charge in [-0.25, -0.2) is 4.98 Å². The van der Waals surface area contributed by atoms with Gasteiger partial charge in [0.15, 0.2) is 5.13 Å². The number of nitro benzene ring substituents is 1. The van der Waals surface area contributed by atoms with Gasteiger partial charge in [0.25, 0.3) is 11.6 Å². The molecule has 1 N–H and O–H groups in total. The first-order chi connectivity index (χ1) is 15.0. The van der Waals surface area contributed by atoms with Gasteiger partial charge in [-0.2, -0.15) is 0 Å². The van der Waals surface area contributed by atoms with E-state index in [1.807, 2.05) is 0 Å². The van der Waals surface area contributed by atoms with Crippen LogP contribution < -0.4 is 10.2 Å². The van der Waals surface area contributed by atoms with Gasteiger partial charge >= 0.3 is 0 Å². The summed E-state index contributed by atoms with van der Waals surface area (Å²) < 4.78 is 1.24. The smallest absolute Gasteiger partial charge is 0.269 e. The van der Waals surface area contributed by atoms with Gasteiger partial charge in [-0.1, -0.05) is 24.3 Å². The summed E-state index contributed by atoms with van der Waals surface area (Å²) in [7, 11) is 0. The number of anilines is 1. The van der Waals surface area contributed by atoms with E-state index < -0.39 is 4.92 Å². The highest BCUT2D eigenvalue weighted by Gasteiger charge is 2.20. The Kier molecular flexibility index (Phi) is 6.43. The second-order valence-electron chi connectivity index (χ2n) is 7.54. The third-order valence-electron chi connectivity index (χ3n) is 5.55. The lowest BCUT2D eigenvalue weighted by Gasteiger charge is -2.34. The molecule has 1 aliphatic rings. The molecule has 1 aromatic heterocycles. The van der Waals surface area contributed by atoms with Crippen LogP contribution in [0.25, 0.3) is 10.2 Å². The lowest BCUT2D eigenvalue weighted by atomic mass is 10.2. The highest BCUT2D eigenvalue weighted by molar-refractivity contribution is 7.22. The number of nitrogens with one attached hydrogen (secondary N) is 1. The van der Waals surface area contributed by atoms with Crippen LogP contribution in [0.15, 0.2) is 42.5 Å².